The van der Waals surface area contributed by atoms with Gasteiger partial charge in [-0.2, -0.15) is 0 Å². The normalized spacial score (nSPS) is 16.1. The van der Waals surface area contributed by atoms with Crippen LogP contribution in [0, 0.1) is 0 Å². The Hall–Kier alpha value is -5.60. The quantitative estimate of drug-likeness (QED) is 0.190. The van der Waals surface area contributed by atoms with E-state index in [1.54, 1.807) is 0 Å². The summed E-state index contributed by atoms with van der Waals surface area (Å²) in [6, 6.07) is 44.8. The van der Waals surface area contributed by atoms with Crippen molar-refractivity contribution in [3.8, 4) is 11.4 Å². The molecular weight excluding hydrogens is 556 g/mol. The van der Waals surface area contributed by atoms with Crippen LogP contribution in [0.5, 0.6) is 0 Å². The van der Waals surface area contributed by atoms with Gasteiger partial charge in [-0.1, -0.05) is 118 Å². The van der Waals surface area contributed by atoms with E-state index >= 15 is 0 Å². The third-order valence-corrected chi connectivity index (χ3v) is 10.2. The van der Waals surface area contributed by atoms with Crippen LogP contribution in [0.3, 0.4) is 0 Å². The number of rotatable bonds is 2. The minimum absolute atomic E-state index is 0.208. The molecular formula is C44H34N2. The minimum Gasteiger partial charge on any atom is -0.309 e. The van der Waals surface area contributed by atoms with Gasteiger partial charge in [0.15, 0.2) is 0 Å². The molecule has 2 heteroatoms. The van der Waals surface area contributed by atoms with Crippen LogP contribution in [-0.4, -0.2) is 9.13 Å². The molecule has 2 nitrogen and oxygen atoms in total. The van der Waals surface area contributed by atoms with Gasteiger partial charge in [-0.25, -0.2) is 0 Å². The largest absolute Gasteiger partial charge is 0.309 e. The number of nitrogens with zero attached hydrogens (tertiary/aromatic N) is 2. The topological polar surface area (TPSA) is 9.86 Å². The predicted octanol–water partition coefficient (Wildman–Crippen LogP) is 11.5. The molecule has 0 atom stereocenters. The fourth-order valence-electron chi connectivity index (χ4n) is 7.67. The molecule has 0 N–H and O–H groups in total. The summed E-state index contributed by atoms with van der Waals surface area (Å²) < 4.78 is 4.90. The first-order chi connectivity index (χ1) is 22.5. The Morgan fingerprint density at radius 3 is 2.17 bits per heavy atom. The van der Waals surface area contributed by atoms with Gasteiger partial charge in [-0.05, 0) is 82.4 Å². The molecule has 220 valence electrons. The second-order valence-corrected chi connectivity index (χ2v) is 13.1. The summed E-state index contributed by atoms with van der Waals surface area (Å²) in [6.07, 6.45) is 9.55. The number of hydrogen-bond donors (Lipinski definition) is 0. The third kappa shape index (κ3) is 3.83. The molecule has 0 spiro atoms. The van der Waals surface area contributed by atoms with Gasteiger partial charge in [0.05, 0.1) is 22.1 Å². The summed E-state index contributed by atoms with van der Waals surface area (Å²) in [5, 5.41) is 7.64. The predicted molar refractivity (Wildman–Crippen MR) is 197 cm³/mol. The van der Waals surface area contributed by atoms with Crippen molar-refractivity contribution < 1.29 is 0 Å². The second-order valence-electron chi connectivity index (χ2n) is 13.1. The van der Waals surface area contributed by atoms with Gasteiger partial charge < -0.3 is 9.13 Å². The van der Waals surface area contributed by atoms with E-state index in [4.69, 9.17) is 0 Å². The number of hydrogen-bond acceptors (Lipinski definition) is 0. The van der Waals surface area contributed by atoms with Gasteiger partial charge >= 0.3 is 0 Å². The van der Waals surface area contributed by atoms with Gasteiger partial charge in [0, 0.05) is 38.3 Å². The van der Waals surface area contributed by atoms with Crippen molar-refractivity contribution in [1.29, 1.82) is 0 Å². The Bertz CT molecular complexity index is 2580. The molecule has 0 fully saturated rings. The van der Waals surface area contributed by atoms with Crippen LogP contribution in [0.15, 0.2) is 158 Å². The SMILES string of the molecule is C=C1/C=C\C=C/Cc2ccc(-n3c4ccccc4c4cc5c6c7ccccc7ccc6n(-c6ccccc6)c5cc43)cc2C1(C)C. The molecule has 6 aromatic carbocycles. The summed E-state index contributed by atoms with van der Waals surface area (Å²) in [5.74, 6) is 0. The van der Waals surface area contributed by atoms with Crippen LogP contribution < -0.4 is 0 Å². The van der Waals surface area contributed by atoms with E-state index < -0.39 is 0 Å². The Balaban J connectivity index is 1.42. The monoisotopic (exact) mass is 590 g/mol. The number of para-hydroxylation sites is 2. The van der Waals surface area contributed by atoms with Crippen molar-refractivity contribution in [2.45, 2.75) is 25.7 Å². The molecule has 0 unspecified atom stereocenters. The second kappa shape index (κ2) is 9.95. The molecule has 46 heavy (non-hydrogen) atoms. The zero-order chi connectivity index (χ0) is 31.0. The van der Waals surface area contributed by atoms with E-state index in [0.717, 1.165) is 12.0 Å². The highest BCUT2D eigenvalue weighted by atomic mass is 15.0. The summed E-state index contributed by atoms with van der Waals surface area (Å²) in [5.41, 5.74) is 10.8. The van der Waals surface area contributed by atoms with Crippen LogP contribution in [-0.2, 0) is 11.8 Å². The van der Waals surface area contributed by atoms with Crippen molar-refractivity contribution in [2.75, 3.05) is 0 Å². The van der Waals surface area contributed by atoms with Gasteiger partial charge in [-0.15, -0.1) is 0 Å². The first-order valence-corrected chi connectivity index (χ1v) is 16.1. The fraction of sp³-hybridized carbons (Fsp3) is 0.0909. The lowest BCUT2D eigenvalue weighted by Crippen LogP contribution is -2.21. The highest BCUT2D eigenvalue weighted by Gasteiger charge is 2.27. The maximum Gasteiger partial charge on any atom is 0.0562 e. The zero-order valence-electron chi connectivity index (χ0n) is 26.2. The lowest BCUT2D eigenvalue weighted by Gasteiger charge is -2.29. The molecule has 9 rings (SSSR count). The molecule has 0 saturated heterocycles. The lowest BCUT2D eigenvalue weighted by molar-refractivity contribution is 0.634. The zero-order valence-corrected chi connectivity index (χ0v) is 26.2. The smallest absolute Gasteiger partial charge is 0.0562 e. The Morgan fingerprint density at radius 1 is 0.565 bits per heavy atom. The summed E-state index contributed by atoms with van der Waals surface area (Å²) in [6.45, 7) is 9.08. The van der Waals surface area contributed by atoms with Crippen LogP contribution in [0.1, 0.15) is 25.0 Å². The maximum atomic E-state index is 4.49. The lowest BCUT2D eigenvalue weighted by atomic mass is 9.75. The highest BCUT2D eigenvalue weighted by molar-refractivity contribution is 6.25. The molecule has 0 bridgehead atoms. The summed E-state index contributed by atoms with van der Waals surface area (Å²) in [7, 11) is 0. The van der Waals surface area contributed by atoms with Crippen LogP contribution in [0.4, 0.5) is 0 Å². The Labute approximate surface area is 268 Å². The van der Waals surface area contributed by atoms with Gasteiger partial charge in [-0.3, -0.25) is 0 Å². The van der Waals surface area contributed by atoms with Crippen LogP contribution in [0.2, 0.25) is 0 Å². The molecule has 1 aliphatic carbocycles. The molecule has 0 saturated carbocycles. The number of fused-ring (bicyclic) bond motifs is 9. The number of benzene rings is 6. The Kier molecular flexibility index (Phi) is 5.79. The average Bonchev–Trinajstić information content (AvgIpc) is 3.60. The summed E-state index contributed by atoms with van der Waals surface area (Å²) in [4.78, 5) is 0. The van der Waals surface area contributed by atoms with Crippen molar-refractivity contribution >= 4 is 54.4 Å². The van der Waals surface area contributed by atoms with E-state index in [-0.39, 0.29) is 5.41 Å². The molecule has 8 aromatic rings. The van der Waals surface area contributed by atoms with E-state index in [1.807, 2.05) is 0 Å². The van der Waals surface area contributed by atoms with Crippen molar-refractivity contribution in [3.63, 3.8) is 0 Å². The molecule has 0 amide bonds. The molecule has 0 radical (unpaired) electrons. The van der Waals surface area contributed by atoms with E-state index in [2.05, 4.69) is 175 Å². The highest BCUT2D eigenvalue weighted by Crippen LogP contribution is 2.43. The maximum absolute atomic E-state index is 4.49. The van der Waals surface area contributed by atoms with E-state index in [0.29, 0.717) is 0 Å². The van der Waals surface area contributed by atoms with Crippen molar-refractivity contribution in [2.24, 2.45) is 0 Å². The standard InChI is InChI=1S/C44H34N2/c1-29-14-6-4-7-16-31-22-24-33(26-38(31)44(29,2)3)46-39-21-13-12-20-35(39)36-27-37-42(28-41(36)46)45(32-17-8-5-9-18-32)40-25-23-30-15-10-11-19-34(30)43(37)40/h4-15,17-28H,1,16H2,2-3H3/b7-4-,14-6-. The first-order valence-electron chi connectivity index (χ1n) is 16.1. The average molecular weight is 591 g/mol. The van der Waals surface area contributed by atoms with E-state index in [9.17, 15) is 0 Å². The van der Waals surface area contributed by atoms with Crippen molar-refractivity contribution in [1.82, 2.24) is 9.13 Å². The van der Waals surface area contributed by atoms with Crippen LogP contribution >= 0.6 is 0 Å². The third-order valence-electron chi connectivity index (χ3n) is 10.2. The van der Waals surface area contributed by atoms with E-state index in [1.165, 1.54) is 76.9 Å². The molecule has 2 heterocycles. The van der Waals surface area contributed by atoms with Crippen molar-refractivity contribution in [3.05, 3.63) is 169 Å². The fourth-order valence-corrected chi connectivity index (χ4v) is 7.67. The van der Waals surface area contributed by atoms with Crippen LogP contribution in [0.25, 0.3) is 65.8 Å². The van der Waals surface area contributed by atoms with Gasteiger partial charge in [0.25, 0.3) is 0 Å². The minimum atomic E-state index is -0.208. The first kappa shape index (κ1) is 26.8. The number of aromatic nitrogens is 2. The Morgan fingerprint density at radius 2 is 1.30 bits per heavy atom. The molecule has 2 aromatic heterocycles. The molecule has 1 aliphatic rings. The van der Waals surface area contributed by atoms with Gasteiger partial charge in [0.2, 0.25) is 0 Å². The van der Waals surface area contributed by atoms with Gasteiger partial charge in [0.1, 0.15) is 0 Å². The molecule has 0 aliphatic heterocycles. The number of allylic oxidation sites excluding steroid dienone is 5. The summed E-state index contributed by atoms with van der Waals surface area (Å²) >= 11 is 0.